The van der Waals surface area contributed by atoms with Gasteiger partial charge in [-0.1, -0.05) is 24.3 Å². The molecule has 0 saturated heterocycles. The highest BCUT2D eigenvalue weighted by atomic mass is 19.1. The molecule has 2 nitrogen and oxygen atoms in total. The summed E-state index contributed by atoms with van der Waals surface area (Å²) in [7, 11) is 0. The summed E-state index contributed by atoms with van der Waals surface area (Å²) in [6.07, 6.45) is 1.35. The number of benzene rings is 2. The van der Waals surface area contributed by atoms with Crippen LogP contribution in [0.5, 0.6) is 0 Å². The van der Waals surface area contributed by atoms with Crippen LogP contribution < -0.4 is 0 Å². The van der Waals surface area contributed by atoms with E-state index in [2.05, 4.69) is 0 Å². The zero-order valence-electron chi connectivity index (χ0n) is 8.51. The Kier molecular flexibility index (Phi) is 2.96. The average Bonchev–Trinajstić information content (AvgIpc) is 2.30. The maximum atomic E-state index is 12.9. The molecule has 0 heterocycles. The SMILES string of the molecule is [O-]/[N+](=C/c1cccc(F)c1)c1ccccc1. The summed E-state index contributed by atoms with van der Waals surface area (Å²) in [5.74, 6) is -0.352. The predicted molar refractivity (Wildman–Crippen MR) is 61.3 cm³/mol. The van der Waals surface area contributed by atoms with Gasteiger partial charge in [0.05, 0.1) is 0 Å². The third-order valence-corrected chi connectivity index (χ3v) is 2.13. The molecule has 2 aromatic carbocycles. The Morgan fingerprint density at radius 3 is 2.44 bits per heavy atom. The van der Waals surface area contributed by atoms with Gasteiger partial charge in [0.1, 0.15) is 5.82 Å². The summed E-state index contributed by atoms with van der Waals surface area (Å²) in [4.78, 5) is 0. The third-order valence-electron chi connectivity index (χ3n) is 2.13. The lowest BCUT2D eigenvalue weighted by atomic mass is 10.2. The summed E-state index contributed by atoms with van der Waals surface area (Å²) >= 11 is 0. The van der Waals surface area contributed by atoms with Crippen molar-refractivity contribution >= 4 is 11.9 Å². The van der Waals surface area contributed by atoms with E-state index in [0.29, 0.717) is 11.3 Å². The van der Waals surface area contributed by atoms with E-state index in [-0.39, 0.29) is 5.82 Å². The van der Waals surface area contributed by atoms with Gasteiger partial charge in [-0.05, 0) is 18.2 Å². The smallest absolute Gasteiger partial charge is 0.216 e. The fourth-order valence-electron chi connectivity index (χ4n) is 1.37. The molecule has 0 atom stereocenters. The van der Waals surface area contributed by atoms with Gasteiger partial charge in [-0.2, -0.15) is 4.74 Å². The minimum Gasteiger partial charge on any atom is -0.618 e. The molecule has 2 aromatic rings. The molecule has 0 spiro atoms. The Labute approximate surface area is 92.9 Å². The first-order valence-corrected chi connectivity index (χ1v) is 4.87. The van der Waals surface area contributed by atoms with Crippen molar-refractivity contribution in [2.45, 2.75) is 0 Å². The highest BCUT2D eigenvalue weighted by Crippen LogP contribution is 2.09. The Morgan fingerprint density at radius 1 is 1.00 bits per heavy atom. The standard InChI is InChI=1S/C13H10FNO/c14-12-6-4-5-11(9-12)10-15(16)13-7-2-1-3-8-13/h1-10H/b15-10+. The van der Waals surface area contributed by atoms with Crippen molar-refractivity contribution in [3.05, 3.63) is 71.2 Å². The van der Waals surface area contributed by atoms with Crippen LogP contribution in [0.4, 0.5) is 10.1 Å². The molecule has 0 amide bonds. The summed E-state index contributed by atoms with van der Waals surface area (Å²) < 4.78 is 13.6. The quantitative estimate of drug-likeness (QED) is 0.327. The van der Waals surface area contributed by atoms with Gasteiger partial charge in [0.25, 0.3) is 0 Å². The molecule has 0 aliphatic carbocycles. The maximum Gasteiger partial charge on any atom is 0.216 e. The van der Waals surface area contributed by atoms with Crippen LogP contribution >= 0.6 is 0 Å². The fourth-order valence-corrected chi connectivity index (χ4v) is 1.37. The van der Waals surface area contributed by atoms with Crippen LogP contribution in [0.3, 0.4) is 0 Å². The van der Waals surface area contributed by atoms with E-state index in [4.69, 9.17) is 0 Å². The van der Waals surface area contributed by atoms with E-state index in [9.17, 15) is 9.60 Å². The molecule has 0 bridgehead atoms. The second-order valence-corrected chi connectivity index (χ2v) is 3.35. The Morgan fingerprint density at radius 2 is 1.75 bits per heavy atom. The first-order valence-electron chi connectivity index (χ1n) is 4.87. The molecule has 2 rings (SSSR count). The van der Waals surface area contributed by atoms with Gasteiger partial charge in [0, 0.05) is 17.7 Å². The van der Waals surface area contributed by atoms with Gasteiger partial charge in [0.15, 0.2) is 6.21 Å². The lowest BCUT2D eigenvalue weighted by Gasteiger charge is -2.02. The van der Waals surface area contributed by atoms with E-state index in [1.54, 1.807) is 36.4 Å². The maximum absolute atomic E-state index is 12.9. The summed E-state index contributed by atoms with van der Waals surface area (Å²) in [6.45, 7) is 0. The molecule has 3 heteroatoms. The monoisotopic (exact) mass is 215 g/mol. The van der Waals surface area contributed by atoms with E-state index in [0.717, 1.165) is 4.74 Å². The van der Waals surface area contributed by atoms with E-state index in [1.165, 1.54) is 18.3 Å². The second-order valence-electron chi connectivity index (χ2n) is 3.35. The van der Waals surface area contributed by atoms with Crippen molar-refractivity contribution in [1.82, 2.24) is 0 Å². The third kappa shape index (κ3) is 2.45. The molecule has 0 aromatic heterocycles. The molecule has 0 radical (unpaired) electrons. The molecular weight excluding hydrogens is 205 g/mol. The zero-order valence-corrected chi connectivity index (χ0v) is 8.51. The highest BCUT2D eigenvalue weighted by Gasteiger charge is 2.00. The van der Waals surface area contributed by atoms with Gasteiger partial charge in [-0.15, -0.1) is 0 Å². The summed E-state index contributed by atoms with van der Waals surface area (Å²) in [5, 5.41) is 11.7. The molecule has 0 N–H and O–H groups in total. The van der Waals surface area contributed by atoms with E-state index >= 15 is 0 Å². The molecule has 80 valence electrons. The number of para-hydroxylation sites is 1. The topological polar surface area (TPSA) is 26.1 Å². The van der Waals surface area contributed by atoms with E-state index in [1.807, 2.05) is 6.07 Å². The van der Waals surface area contributed by atoms with Crippen molar-refractivity contribution in [1.29, 1.82) is 0 Å². The van der Waals surface area contributed by atoms with Crippen LogP contribution in [0.25, 0.3) is 0 Å². The molecule has 0 aliphatic heterocycles. The largest absolute Gasteiger partial charge is 0.618 e. The first-order chi connectivity index (χ1) is 7.75. The Balaban J connectivity index is 2.32. The summed E-state index contributed by atoms with van der Waals surface area (Å²) in [5.41, 5.74) is 1.06. The molecule has 0 fully saturated rings. The number of rotatable bonds is 2. The second kappa shape index (κ2) is 4.57. The van der Waals surface area contributed by atoms with Crippen molar-refractivity contribution in [2.24, 2.45) is 0 Å². The Hall–Kier alpha value is -2.16. The number of halogens is 1. The van der Waals surface area contributed by atoms with Crippen molar-refractivity contribution in [3.8, 4) is 0 Å². The first kappa shape index (κ1) is 10.4. The molecule has 16 heavy (non-hydrogen) atoms. The number of hydrogen-bond donors (Lipinski definition) is 0. The van der Waals surface area contributed by atoms with Crippen molar-refractivity contribution < 1.29 is 9.13 Å². The summed E-state index contributed by atoms with van der Waals surface area (Å²) in [6, 6.07) is 14.7. The molecule has 0 aliphatic rings. The molecular formula is C13H10FNO. The van der Waals surface area contributed by atoms with Gasteiger partial charge in [-0.25, -0.2) is 4.39 Å². The highest BCUT2D eigenvalue weighted by molar-refractivity contribution is 5.76. The Bertz CT molecular complexity index is 508. The van der Waals surface area contributed by atoms with Crippen LogP contribution in [-0.2, 0) is 0 Å². The molecule has 0 saturated carbocycles. The minimum absolute atomic E-state index is 0.352. The van der Waals surface area contributed by atoms with Gasteiger partial charge >= 0.3 is 0 Å². The van der Waals surface area contributed by atoms with Crippen LogP contribution in [-0.4, -0.2) is 11.0 Å². The fraction of sp³-hybridized carbons (Fsp3) is 0. The molecule has 0 unspecified atom stereocenters. The van der Waals surface area contributed by atoms with Gasteiger partial charge < -0.3 is 5.21 Å². The predicted octanol–water partition coefficient (Wildman–Crippen LogP) is 3.09. The normalized spacial score (nSPS) is 11.4. The average molecular weight is 215 g/mol. The van der Waals surface area contributed by atoms with Crippen LogP contribution in [0.15, 0.2) is 54.6 Å². The van der Waals surface area contributed by atoms with Crippen molar-refractivity contribution in [2.75, 3.05) is 0 Å². The van der Waals surface area contributed by atoms with Crippen LogP contribution in [0.2, 0.25) is 0 Å². The minimum atomic E-state index is -0.352. The number of hydrogen-bond acceptors (Lipinski definition) is 1. The lowest BCUT2D eigenvalue weighted by Crippen LogP contribution is -1.98. The van der Waals surface area contributed by atoms with Crippen LogP contribution in [0.1, 0.15) is 5.56 Å². The van der Waals surface area contributed by atoms with Crippen LogP contribution in [0, 0.1) is 11.0 Å². The van der Waals surface area contributed by atoms with Gasteiger partial charge in [-0.3, -0.25) is 0 Å². The van der Waals surface area contributed by atoms with Gasteiger partial charge in [0.2, 0.25) is 5.69 Å². The van der Waals surface area contributed by atoms with E-state index < -0.39 is 0 Å². The van der Waals surface area contributed by atoms with Crippen molar-refractivity contribution in [3.63, 3.8) is 0 Å². The zero-order chi connectivity index (χ0) is 11.4. The lowest BCUT2D eigenvalue weighted by molar-refractivity contribution is -0.354. The number of nitrogens with zero attached hydrogens (tertiary/aromatic N) is 1.